The van der Waals surface area contributed by atoms with Crippen LogP contribution in [0.1, 0.15) is 12.5 Å². The molecule has 1 aliphatic rings. The van der Waals surface area contributed by atoms with Gasteiger partial charge in [0.05, 0.1) is 0 Å². The SMILES string of the molecule is CCN1CCN(C(=O)C(Cc2ccccc2)NC(=O)N(C)C)CC1. The Labute approximate surface area is 144 Å². The average molecular weight is 332 g/mol. The van der Waals surface area contributed by atoms with Gasteiger partial charge in [-0.3, -0.25) is 4.79 Å². The van der Waals surface area contributed by atoms with Crippen LogP contribution in [-0.4, -0.2) is 79.5 Å². The Bertz CT molecular complexity index is 539. The third-order valence-electron chi connectivity index (χ3n) is 4.42. The fourth-order valence-corrected chi connectivity index (χ4v) is 2.83. The number of hydrogen-bond acceptors (Lipinski definition) is 3. The minimum absolute atomic E-state index is 0.00445. The number of amides is 3. The second kappa shape index (κ2) is 8.68. The van der Waals surface area contributed by atoms with E-state index in [0.717, 1.165) is 38.3 Å². The summed E-state index contributed by atoms with van der Waals surface area (Å²) in [6.45, 7) is 6.36. The van der Waals surface area contributed by atoms with E-state index >= 15 is 0 Å². The van der Waals surface area contributed by atoms with E-state index in [2.05, 4.69) is 17.1 Å². The predicted octanol–water partition coefficient (Wildman–Crippen LogP) is 1.03. The van der Waals surface area contributed by atoms with Crippen molar-refractivity contribution in [2.24, 2.45) is 0 Å². The van der Waals surface area contributed by atoms with Crippen LogP contribution in [0.3, 0.4) is 0 Å². The van der Waals surface area contributed by atoms with Crippen LogP contribution in [0.2, 0.25) is 0 Å². The number of nitrogens with zero attached hydrogens (tertiary/aromatic N) is 3. The first-order valence-corrected chi connectivity index (χ1v) is 8.54. The normalized spacial score (nSPS) is 16.5. The summed E-state index contributed by atoms with van der Waals surface area (Å²) in [5.41, 5.74) is 1.04. The van der Waals surface area contributed by atoms with E-state index in [1.165, 1.54) is 4.90 Å². The Kier molecular flexibility index (Phi) is 6.61. The van der Waals surface area contributed by atoms with Crippen LogP contribution in [0, 0.1) is 0 Å². The molecule has 1 fully saturated rings. The summed E-state index contributed by atoms with van der Waals surface area (Å²) in [6.07, 6.45) is 0.507. The minimum atomic E-state index is -0.532. The topological polar surface area (TPSA) is 55.9 Å². The van der Waals surface area contributed by atoms with E-state index in [0.29, 0.717) is 6.42 Å². The molecule has 1 saturated heterocycles. The molecule has 0 radical (unpaired) electrons. The van der Waals surface area contributed by atoms with Gasteiger partial charge in [0, 0.05) is 46.7 Å². The zero-order valence-corrected chi connectivity index (χ0v) is 14.9. The first-order valence-electron chi connectivity index (χ1n) is 8.54. The molecule has 2 rings (SSSR count). The van der Waals surface area contributed by atoms with Gasteiger partial charge in [-0.15, -0.1) is 0 Å². The van der Waals surface area contributed by atoms with Crippen molar-refractivity contribution in [1.82, 2.24) is 20.0 Å². The Morgan fingerprint density at radius 1 is 1.12 bits per heavy atom. The molecule has 24 heavy (non-hydrogen) atoms. The number of hydrogen-bond donors (Lipinski definition) is 1. The monoisotopic (exact) mass is 332 g/mol. The van der Waals surface area contributed by atoms with Crippen molar-refractivity contribution >= 4 is 11.9 Å². The van der Waals surface area contributed by atoms with Crippen LogP contribution in [0.15, 0.2) is 30.3 Å². The van der Waals surface area contributed by atoms with E-state index in [4.69, 9.17) is 0 Å². The van der Waals surface area contributed by atoms with Gasteiger partial charge in [0.25, 0.3) is 0 Å². The molecule has 6 heteroatoms. The van der Waals surface area contributed by atoms with Crippen molar-refractivity contribution in [3.63, 3.8) is 0 Å². The van der Waals surface area contributed by atoms with Crippen LogP contribution < -0.4 is 5.32 Å². The highest BCUT2D eigenvalue weighted by atomic mass is 16.2. The molecule has 0 saturated carbocycles. The number of rotatable bonds is 5. The van der Waals surface area contributed by atoms with Crippen molar-refractivity contribution in [3.8, 4) is 0 Å². The first-order chi connectivity index (χ1) is 11.5. The summed E-state index contributed by atoms with van der Waals surface area (Å²) in [4.78, 5) is 30.7. The summed E-state index contributed by atoms with van der Waals surface area (Å²) in [5, 5.41) is 2.87. The van der Waals surface area contributed by atoms with E-state index < -0.39 is 6.04 Å². The number of piperazine rings is 1. The lowest BCUT2D eigenvalue weighted by Crippen LogP contribution is -2.56. The second-order valence-corrected chi connectivity index (χ2v) is 6.35. The second-order valence-electron chi connectivity index (χ2n) is 6.35. The van der Waals surface area contributed by atoms with Gasteiger partial charge in [0.1, 0.15) is 6.04 Å². The Morgan fingerprint density at radius 3 is 2.29 bits per heavy atom. The van der Waals surface area contributed by atoms with Crippen LogP contribution >= 0.6 is 0 Å². The van der Waals surface area contributed by atoms with Gasteiger partial charge < -0.3 is 20.0 Å². The number of carbonyl (C=O) groups excluding carboxylic acids is 2. The van der Waals surface area contributed by atoms with Gasteiger partial charge in [-0.05, 0) is 12.1 Å². The van der Waals surface area contributed by atoms with E-state index in [1.54, 1.807) is 14.1 Å². The van der Waals surface area contributed by atoms with Crippen molar-refractivity contribution < 1.29 is 9.59 Å². The molecule has 1 N–H and O–H groups in total. The molecule has 0 bridgehead atoms. The minimum Gasteiger partial charge on any atom is -0.338 e. The maximum Gasteiger partial charge on any atom is 0.317 e. The highest BCUT2D eigenvalue weighted by Gasteiger charge is 2.28. The fourth-order valence-electron chi connectivity index (χ4n) is 2.83. The molecule has 1 unspecified atom stereocenters. The highest BCUT2D eigenvalue weighted by Crippen LogP contribution is 2.09. The Morgan fingerprint density at radius 2 is 1.75 bits per heavy atom. The quantitative estimate of drug-likeness (QED) is 0.876. The third-order valence-corrected chi connectivity index (χ3v) is 4.42. The van der Waals surface area contributed by atoms with Crippen molar-refractivity contribution in [3.05, 3.63) is 35.9 Å². The lowest BCUT2D eigenvalue weighted by Gasteiger charge is -2.36. The summed E-state index contributed by atoms with van der Waals surface area (Å²) in [5.74, 6) is 0.00445. The van der Waals surface area contributed by atoms with Crippen molar-refractivity contribution in [2.45, 2.75) is 19.4 Å². The smallest absolute Gasteiger partial charge is 0.317 e. The van der Waals surface area contributed by atoms with Gasteiger partial charge in [0.15, 0.2) is 0 Å². The number of benzene rings is 1. The lowest BCUT2D eigenvalue weighted by atomic mass is 10.0. The maximum absolute atomic E-state index is 12.9. The molecule has 0 spiro atoms. The molecule has 132 valence electrons. The van der Waals surface area contributed by atoms with Gasteiger partial charge in [-0.2, -0.15) is 0 Å². The average Bonchev–Trinajstić information content (AvgIpc) is 2.61. The zero-order chi connectivity index (χ0) is 17.5. The van der Waals surface area contributed by atoms with Crippen LogP contribution in [-0.2, 0) is 11.2 Å². The number of carbonyl (C=O) groups is 2. The summed E-state index contributed by atoms with van der Waals surface area (Å²) in [6, 6.07) is 9.04. The standard InChI is InChI=1S/C18H28N4O2/c1-4-21-10-12-22(13-11-21)17(23)16(19-18(24)20(2)3)14-15-8-6-5-7-9-15/h5-9,16H,4,10-14H2,1-3H3,(H,19,24). The third kappa shape index (κ3) is 4.96. The van der Waals surface area contributed by atoms with Crippen LogP contribution in [0.25, 0.3) is 0 Å². The summed E-state index contributed by atoms with van der Waals surface area (Å²) in [7, 11) is 3.36. The molecule has 1 heterocycles. The molecule has 1 aromatic carbocycles. The lowest BCUT2D eigenvalue weighted by molar-refractivity contribution is -0.135. The zero-order valence-electron chi connectivity index (χ0n) is 14.9. The largest absolute Gasteiger partial charge is 0.338 e. The van der Waals surface area contributed by atoms with Crippen LogP contribution in [0.5, 0.6) is 0 Å². The fraction of sp³-hybridized carbons (Fsp3) is 0.556. The molecule has 1 atom stereocenters. The van der Waals surface area contributed by atoms with E-state index in [-0.39, 0.29) is 11.9 Å². The maximum atomic E-state index is 12.9. The van der Waals surface area contributed by atoms with Gasteiger partial charge in [-0.25, -0.2) is 4.79 Å². The molecular formula is C18H28N4O2. The number of nitrogens with one attached hydrogen (secondary N) is 1. The Hall–Kier alpha value is -2.08. The van der Waals surface area contributed by atoms with E-state index in [9.17, 15) is 9.59 Å². The van der Waals surface area contributed by atoms with Gasteiger partial charge in [-0.1, -0.05) is 37.3 Å². The van der Waals surface area contributed by atoms with Gasteiger partial charge >= 0.3 is 6.03 Å². The Balaban J connectivity index is 2.06. The summed E-state index contributed by atoms with van der Waals surface area (Å²) >= 11 is 0. The van der Waals surface area contributed by atoms with Gasteiger partial charge in [0.2, 0.25) is 5.91 Å². The molecule has 0 aromatic heterocycles. The molecule has 6 nitrogen and oxygen atoms in total. The first kappa shape index (κ1) is 18.3. The van der Waals surface area contributed by atoms with E-state index in [1.807, 2.05) is 35.2 Å². The predicted molar refractivity (Wildman–Crippen MR) is 94.8 cm³/mol. The number of likely N-dealkylation sites (N-methyl/N-ethyl adjacent to an activating group) is 1. The number of urea groups is 1. The molecule has 3 amide bonds. The van der Waals surface area contributed by atoms with Crippen LogP contribution in [0.4, 0.5) is 4.79 Å². The molecular weight excluding hydrogens is 304 g/mol. The molecule has 1 aliphatic heterocycles. The highest BCUT2D eigenvalue weighted by molar-refractivity contribution is 5.87. The van der Waals surface area contributed by atoms with Crippen molar-refractivity contribution in [1.29, 1.82) is 0 Å². The summed E-state index contributed by atoms with van der Waals surface area (Å²) < 4.78 is 0. The molecule has 0 aliphatic carbocycles. The van der Waals surface area contributed by atoms with Crippen molar-refractivity contribution in [2.75, 3.05) is 46.8 Å². The molecule has 1 aromatic rings.